The molecular formula is C17H20F3N5O3S. The van der Waals surface area contributed by atoms with Gasteiger partial charge in [-0.05, 0) is 12.1 Å². The van der Waals surface area contributed by atoms with Crippen molar-refractivity contribution in [2.45, 2.75) is 18.8 Å². The number of nitrogens with zero attached hydrogens (tertiary/aromatic N) is 2. The monoisotopic (exact) mass is 431 g/mol. The summed E-state index contributed by atoms with van der Waals surface area (Å²) in [6.07, 6.45) is -4.50. The Morgan fingerprint density at radius 2 is 2.17 bits per heavy atom. The standard InChI is InChI=1S/C17H20F3N5O3S/c1-25(15(27)6-10-8-21-4-5-22-10)9-14(26)24-16-23-12-3-2-11(7-13(12)29-16)28-17(18,19)20/h2-3,7,10,21-22H,4-6,8-9H2,1H3,(H,23,24,26)/t10-/m0/s1. The number of fused-ring (bicyclic) bond motifs is 1. The molecule has 0 spiro atoms. The van der Waals surface area contributed by atoms with E-state index >= 15 is 0 Å². The molecule has 1 saturated heterocycles. The molecule has 8 nitrogen and oxygen atoms in total. The molecule has 3 rings (SSSR count). The van der Waals surface area contributed by atoms with E-state index < -0.39 is 12.3 Å². The van der Waals surface area contributed by atoms with Crippen LogP contribution in [0.4, 0.5) is 18.3 Å². The third-order valence-electron chi connectivity index (χ3n) is 4.19. The van der Waals surface area contributed by atoms with Crippen LogP contribution in [0.25, 0.3) is 10.2 Å². The normalized spacial score (nSPS) is 17.2. The van der Waals surface area contributed by atoms with Crippen molar-refractivity contribution in [1.29, 1.82) is 0 Å². The van der Waals surface area contributed by atoms with Gasteiger partial charge >= 0.3 is 6.36 Å². The molecule has 0 bridgehead atoms. The summed E-state index contributed by atoms with van der Waals surface area (Å²) in [6.45, 7) is 2.18. The molecule has 1 aliphatic rings. The van der Waals surface area contributed by atoms with Gasteiger partial charge in [0.05, 0.1) is 16.8 Å². The van der Waals surface area contributed by atoms with Gasteiger partial charge < -0.3 is 25.6 Å². The van der Waals surface area contributed by atoms with E-state index in [1.807, 2.05) is 0 Å². The SMILES string of the molecule is CN(CC(=O)Nc1nc2ccc(OC(F)(F)F)cc2s1)C(=O)C[C@H]1CNCCN1. The third-order valence-corrected chi connectivity index (χ3v) is 5.13. The zero-order valence-electron chi connectivity index (χ0n) is 15.5. The first-order valence-corrected chi connectivity index (χ1v) is 9.65. The fourth-order valence-electron chi connectivity index (χ4n) is 2.84. The van der Waals surface area contributed by atoms with Crippen LogP contribution in [0, 0.1) is 0 Å². The van der Waals surface area contributed by atoms with E-state index in [0.29, 0.717) is 16.8 Å². The number of anilines is 1. The summed E-state index contributed by atoms with van der Waals surface area (Å²) in [5, 5.41) is 9.22. The molecule has 0 aliphatic carbocycles. The van der Waals surface area contributed by atoms with E-state index in [1.165, 1.54) is 24.1 Å². The lowest BCUT2D eigenvalue weighted by Crippen LogP contribution is -2.50. The lowest BCUT2D eigenvalue weighted by Gasteiger charge is -2.26. The van der Waals surface area contributed by atoms with Crippen molar-refractivity contribution in [2.75, 3.05) is 38.5 Å². The number of nitrogens with one attached hydrogen (secondary N) is 3. The first-order chi connectivity index (χ1) is 13.7. The summed E-state index contributed by atoms with van der Waals surface area (Å²) in [7, 11) is 1.54. The first-order valence-electron chi connectivity index (χ1n) is 8.84. The Kier molecular flexibility index (Phi) is 6.55. The van der Waals surface area contributed by atoms with Crippen LogP contribution in [0.2, 0.25) is 0 Å². The Labute approximate surface area is 168 Å². The number of benzene rings is 1. The van der Waals surface area contributed by atoms with Gasteiger partial charge in [0.25, 0.3) is 0 Å². The number of rotatable bonds is 6. The van der Waals surface area contributed by atoms with Crippen molar-refractivity contribution in [3.05, 3.63) is 18.2 Å². The van der Waals surface area contributed by atoms with Gasteiger partial charge in [0.1, 0.15) is 5.75 Å². The highest BCUT2D eigenvalue weighted by atomic mass is 32.1. The van der Waals surface area contributed by atoms with Gasteiger partial charge in [0.15, 0.2) is 5.13 Å². The minimum Gasteiger partial charge on any atom is -0.406 e. The number of hydrogen-bond acceptors (Lipinski definition) is 7. The maximum Gasteiger partial charge on any atom is 0.573 e. The third kappa shape index (κ3) is 6.27. The number of carbonyl (C=O) groups excluding carboxylic acids is 2. The largest absolute Gasteiger partial charge is 0.573 e. The Balaban J connectivity index is 1.55. The molecule has 0 unspecified atom stereocenters. The lowest BCUT2D eigenvalue weighted by atomic mass is 10.1. The molecule has 2 amide bonds. The summed E-state index contributed by atoms with van der Waals surface area (Å²) in [4.78, 5) is 30.0. The Hall–Kier alpha value is -2.44. The quantitative estimate of drug-likeness (QED) is 0.642. The number of hydrogen-bond donors (Lipinski definition) is 3. The minimum absolute atomic E-state index is 0.0270. The van der Waals surface area contributed by atoms with E-state index in [9.17, 15) is 22.8 Å². The Morgan fingerprint density at radius 3 is 2.86 bits per heavy atom. The fourth-order valence-corrected chi connectivity index (χ4v) is 3.75. The molecule has 1 aromatic carbocycles. The van der Waals surface area contributed by atoms with Gasteiger partial charge in [-0.15, -0.1) is 13.2 Å². The average Bonchev–Trinajstić information content (AvgIpc) is 3.02. The summed E-state index contributed by atoms with van der Waals surface area (Å²) < 4.78 is 41.3. The summed E-state index contributed by atoms with van der Waals surface area (Å²) >= 11 is 1.02. The minimum atomic E-state index is -4.78. The molecule has 1 atom stereocenters. The molecule has 0 radical (unpaired) electrons. The van der Waals surface area contributed by atoms with Gasteiger partial charge in [0, 0.05) is 45.2 Å². The molecule has 3 N–H and O–H groups in total. The second kappa shape index (κ2) is 8.93. The lowest BCUT2D eigenvalue weighted by molar-refractivity contribution is -0.274. The zero-order chi connectivity index (χ0) is 21.0. The summed E-state index contributed by atoms with van der Waals surface area (Å²) in [5.41, 5.74) is 0.431. The molecule has 1 fully saturated rings. The molecule has 1 aliphatic heterocycles. The number of carbonyl (C=O) groups is 2. The van der Waals surface area contributed by atoms with E-state index in [0.717, 1.165) is 30.5 Å². The number of piperazine rings is 1. The van der Waals surface area contributed by atoms with Crippen molar-refractivity contribution in [3.8, 4) is 5.75 Å². The number of amides is 2. The number of alkyl halides is 3. The van der Waals surface area contributed by atoms with Crippen LogP contribution >= 0.6 is 11.3 Å². The number of ether oxygens (including phenoxy) is 1. The van der Waals surface area contributed by atoms with Gasteiger partial charge in [-0.1, -0.05) is 11.3 Å². The summed E-state index contributed by atoms with van der Waals surface area (Å²) in [5.74, 6) is -0.969. The molecular weight excluding hydrogens is 411 g/mol. The number of aromatic nitrogens is 1. The zero-order valence-corrected chi connectivity index (χ0v) is 16.3. The fraction of sp³-hybridized carbons (Fsp3) is 0.471. The molecule has 29 heavy (non-hydrogen) atoms. The molecule has 2 aromatic rings. The van der Waals surface area contributed by atoms with Gasteiger partial charge in [-0.2, -0.15) is 0 Å². The number of halogens is 3. The van der Waals surface area contributed by atoms with Crippen LogP contribution in [0.15, 0.2) is 18.2 Å². The van der Waals surface area contributed by atoms with E-state index in [4.69, 9.17) is 0 Å². The number of thiazole rings is 1. The van der Waals surface area contributed by atoms with Crippen LogP contribution in [0.1, 0.15) is 6.42 Å². The molecule has 1 aromatic heterocycles. The average molecular weight is 431 g/mol. The predicted molar refractivity (Wildman–Crippen MR) is 102 cm³/mol. The highest BCUT2D eigenvalue weighted by Crippen LogP contribution is 2.31. The first kappa shape index (κ1) is 21.3. The van der Waals surface area contributed by atoms with Gasteiger partial charge in [0.2, 0.25) is 11.8 Å². The van der Waals surface area contributed by atoms with Crippen molar-refractivity contribution in [1.82, 2.24) is 20.5 Å². The van der Waals surface area contributed by atoms with Gasteiger partial charge in [-0.3, -0.25) is 9.59 Å². The maximum atomic E-state index is 12.3. The maximum absolute atomic E-state index is 12.3. The van der Waals surface area contributed by atoms with Gasteiger partial charge in [-0.25, -0.2) is 4.98 Å². The summed E-state index contributed by atoms with van der Waals surface area (Å²) in [6, 6.07) is 3.77. The van der Waals surface area contributed by atoms with Crippen LogP contribution in [0.5, 0.6) is 5.75 Å². The van der Waals surface area contributed by atoms with E-state index in [-0.39, 0.29) is 35.8 Å². The Bertz CT molecular complexity index is 883. The highest BCUT2D eigenvalue weighted by Gasteiger charge is 2.31. The van der Waals surface area contributed by atoms with E-state index in [2.05, 4.69) is 25.7 Å². The molecule has 12 heteroatoms. The molecule has 0 saturated carbocycles. The van der Waals surface area contributed by atoms with Crippen molar-refractivity contribution >= 4 is 38.5 Å². The van der Waals surface area contributed by atoms with Crippen molar-refractivity contribution < 1.29 is 27.5 Å². The predicted octanol–water partition coefficient (Wildman–Crippen LogP) is 1.54. The van der Waals surface area contributed by atoms with Crippen molar-refractivity contribution in [3.63, 3.8) is 0 Å². The molecule has 158 valence electrons. The van der Waals surface area contributed by atoms with Crippen LogP contribution < -0.4 is 20.7 Å². The topological polar surface area (TPSA) is 95.6 Å². The smallest absolute Gasteiger partial charge is 0.406 e. The van der Waals surface area contributed by atoms with Crippen LogP contribution in [-0.2, 0) is 9.59 Å². The van der Waals surface area contributed by atoms with Crippen LogP contribution in [-0.4, -0.2) is 67.3 Å². The second-order valence-corrected chi connectivity index (χ2v) is 7.58. The molecule has 2 heterocycles. The van der Waals surface area contributed by atoms with Crippen molar-refractivity contribution in [2.24, 2.45) is 0 Å². The second-order valence-electron chi connectivity index (χ2n) is 6.55. The number of likely N-dealkylation sites (N-methyl/N-ethyl adjacent to an activating group) is 1. The Morgan fingerprint density at radius 1 is 1.38 bits per heavy atom. The van der Waals surface area contributed by atoms with E-state index in [1.54, 1.807) is 0 Å². The van der Waals surface area contributed by atoms with Crippen LogP contribution in [0.3, 0.4) is 0 Å². The highest BCUT2D eigenvalue weighted by molar-refractivity contribution is 7.22.